The quantitative estimate of drug-likeness (QED) is 0.297. The molecule has 0 rings (SSSR count). The van der Waals surface area contributed by atoms with Gasteiger partial charge in [-0.1, -0.05) is 88.5 Å². The van der Waals surface area contributed by atoms with Gasteiger partial charge in [0.25, 0.3) is 0 Å². The molecule has 0 heterocycles. The molecule has 0 N–H and O–H groups in total. The van der Waals surface area contributed by atoms with Gasteiger partial charge < -0.3 is 0 Å². The van der Waals surface area contributed by atoms with Crippen LogP contribution >= 0.6 is 0 Å². The van der Waals surface area contributed by atoms with Crippen molar-refractivity contribution in [1.82, 2.24) is 4.39 Å². The van der Waals surface area contributed by atoms with Crippen LogP contribution in [0.15, 0.2) is 0 Å². The van der Waals surface area contributed by atoms with Crippen LogP contribution in [0.1, 0.15) is 62.3 Å². The zero-order valence-electron chi connectivity index (χ0n) is 17.6. The highest BCUT2D eigenvalue weighted by atomic mass is 28.4. The van der Waals surface area contributed by atoms with E-state index < -0.39 is 30.5 Å². The molecule has 2 nitrogen and oxygen atoms in total. The van der Waals surface area contributed by atoms with Crippen LogP contribution in [0.5, 0.6) is 0 Å². The zero-order chi connectivity index (χ0) is 19.3. The van der Waals surface area contributed by atoms with Gasteiger partial charge in [0.2, 0.25) is 0 Å². The van der Waals surface area contributed by atoms with E-state index >= 15 is 0 Å². The van der Waals surface area contributed by atoms with Gasteiger partial charge in [0, 0.05) is 5.04 Å². The summed E-state index contributed by atoms with van der Waals surface area (Å²) in [5.41, 5.74) is 0. The first-order valence-corrected chi connectivity index (χ1v) is 16.0. The number of hydrogen-bond donors (Lipinski definition) is 0. The Balaban J connectivity index is 6.18. The van der Waals surface area contributed by atoms with Gasteiger partial charge >= 0.3 is 8.99 Å². The van der Waals surface area contributed by atoms with Crippen molar-refractivity contribution in [2.45, 2.75) is 104 Å². The highest BCUT2D eigenvalue weighted by Gasteiger charge is 2.60. The molecule has 7 heteroatoms. The molecular formula is C16H39F2NOSi3. The van der Waals surface area contributed by atoms with Gasteiger partial charge in [-0.05, 0) is 10.1 Å². The van der Waals surface area contributed by atoms with Crippen molar-refractivity contribution in [3.8, 4) is 0 Å². The van der Waals surface area contributed by atoms with Crippen molar-refractivity contribution < 1.29 is 12.7 Å². The van der Waals surface area contributed by atoms with E-state index in [1.54, 1.807) is 20.8 Å². The summed E-state index contributed by atoms with van der Waals surface area (Å²) in [5.74, 6) is 0. The monoisotopic (exact) mass is 383 g/mol. The second-order valence-electron chi connectivity index (χ2n) is 10.8. The molecule has 0 unspecified atom stereocenters. The SMILES string of the molecule is CC(C)(C)[Si](F)(F)ON([Si](C)(C)C(C)(C)C)[Si](C)(C)C(C)(C)C. The lowest BCUT2D eigenvalue weighted by Crippen LogP contribution is -2.70. The average Bonchev–Trinajstić information content (AvgIpc) is 2.20. The summed E-state index contributed by atoms with van der Waals surface area (Å²) in [7, 11) is -9.33. The van der Waals surface area contributed by atoms with Gasteiger partial charge in [-0.3, -0.25) is 4.53 Å². The largest absolute Gasteiger partial charge is 0.599 e. The Kier molecular flexibility index (Phi) is 6.42. The minimum absolute atomic E-state index is 0.0507. The Morgan fingerprint density at radius 2 is 0.870 bits per heavy atom. The Morgan fingerprint density at radius 1 is 0.609 bits per heavy atom. The molecule has 140 valence electrons. The molecule has 0 radical (unpaired) electrons. The topological polar surface area (TPSA) is 12.5 Å². The third-order valence-corrected chi connectivity index (χ3v) is 21.2. The third-order valence-electron chi connectivity index (χ3n) is 5.77. The van der Waals surface area contributed by atoms with E-state index in [2.05, 4.69) is 67.7 Å². The van der Waals surface area contributed by atoms with Crippen LogP contribution in [0.25, 0.3) is 0 Å². The number of nitrogens with zero attached hydrogens (tertiary/aromatic N) is 1. The summed E-state index contributed by atoms with van der Waals surface area (Å²) in [6, 6.07) is 0. The second kappa shape index (κ2) is 6.30. The molecule has 0 bridgehead atoms. The first-order valence-electron chi connectivity index (χ1n) is 8.46. The van der Waals surface area contributed by atoms with E-state index in [9.17, 15) is 8.22 Å². The Labute approximate surface area is 146 Å². The van der Waals surface area contributed by atoms with Crippen LogP contribution in [-0.2, 0) is 4.53 Å². The Bertz CT molecular complexity index is 393. The zero-order valence-corrected chi connectivity index (χ0v) is 20.6. The van der Waals surface area contributed by atoms with Gasteiger partial charge in [-0.25, -0.2) is 12.6 Å². The molecule has 0 aliphatic carbocycles. The van der Waals surface area contributed by atoms with Crippen LogP contribution in [0.2, 0.25) is 41.3 Å². The molecule has 0 atom stereocenters. The molecule has 23 heavy (non-hydrogen) atoms. The van der Waals surface area contributed by atoms with E-state index in [1.807, 2.05) is 4.39 Å². The highest BCUT2D eigenvalue weighted by molar-refractivity contribution is 6.93. The summed E-state index contributed by atoms with van der Waals surface area (Å²) in [4.78, 5) is 0. The molecule has 0 fully saturated rings. The predicted molar refractivity (Wildman–Crippen MR) is 105 cm³/mol. The summed E-state index contributed by atoms with van der Waals surface area (Å²) in [5, 5.41) is -1.20. The first kappa shape index (κ1) is 23.4. The maximum Gasteiger partial charge on any atom is 0.599 e. The lowest BCUT2D eigenvalue weighted by atomic mass is 10.2. The van der Waals surface area contributed by atoms with Crippen LogP contribution in [-0.4, -0.2) is 29.9 Å². The molecule has 0 aliphatic rings. The van der Waals surface area contributed by atoms with Crippen molar-refractivity contribution in [2.24, 2.45) is 0 Å². The maximum atomic E-state index is 14.9. The molecular weight excluding hydrogens is 344 g/mol. The van der Waals surface area contributed by atoms with Crippen molar-refractivity contribution >= 4 is 25.5 Å². The van der Waals surface area contributed by atoms with Crippen LogP contribution in [0, 0.1) is 0 Å². The number of halogens is 2. The van der Waals surface area contributed by atoms with E-state index in [0.29, 0.717) is 0 Å². The van der Waals surface area contributed by atoms with E-state index in [-0.39, 0.29) is 10.1 Å². The maximum absolute atomic E-state index is 14.9. The third kappa shape index (κ3) is 4.74. The van der Waals surface area contributed by atoms with Crippen molar-refractivity contribution in [1.29, 1.82) is 0 Å². The summed E-state index contributed by atoms with van der Waals surface area (Å²) in [6.45, 7) is 26.4. The molecule has 0 saturated carbocycles. The molecule has 0 spiro atoms. The number of hydrogen-bond acceptors (Lipinski definition) is 2. The molecule has 0 aliphatic heterocycles. The average molecular weight is 384 g/mol. The summed E-state index contributed by atoms with van der Waals surface area (Å²) in [6.07, 6.45) is 0. The fourth-order valence-corrected chi connectivity index (χ4v) is 13.6. The minimum Gasteiger partial charge on any atom is -0.293 e. The Morgan fingerprint density at radius 3 is 1.04 bits per heavy atom. The fraction of sp³-hybridized carbons (Fsp3) is 1.00. The van der Waals surface area contributed by atoms with Gasteiger partial charge in [0.1, 0.15) is 16.5 Å². The van der Waals surface area contributed by atoms with E-state index in [1.165, 1.54) is 0 Å². The number of rotatable bonds is 4. The molecule has 0 saturated heterocycles. The van der Waals surface area contributed by atoms with Crippen LogP contribution in [0.3, 0.4) is 0 Å². The van der Waals surface area contributed by atoms with E-state index in [4.69, 9.17) is 4.53 Å². The van der Waals surface area contributed by atoms with Crippen LogP contribution < -0.4 is 0 Å². The summed E-state index contributed by atoms with van der Waals surface area (Å²) < 4.78 is 37.5. The van der Waals surface area contributed by atoms with Crippen molar-refractivity contribution in [3.05, 3.63) is 0 Å². The molecule has 0 amide bonds. The van der Waals surface area contributed by atoms with Crippen molar-refractivity contribution in [3.63, 3.8) is 0 Å². The van der Waals surface area contributed by atoms with Gasteiger partial charge in [-0.15, -0.1) is 0 Å². The molecule has 0 aromatic rings. The second-order valence-corrected chi connectivity index (χ2v) is 24.0. The smallest absolute Gasteiger partial charge is 0.293 e. The first-order chi connectivity index (χ1) is 9.59. The van der Waals surface area contributed by atoms with Gasteiger partial charge in [-0.2, -0.15) is 0 Å². The lowest BCUT2D eigenvalue weighted by molar-refractivity contribution is 0.0286. The standard InChI is InChI=1S/C16H39F2NOSi3/c1-14(2,3)21(10,11)19(22(12,13)15(4,5)6)20-23(17,18)16(7,8)9/h1-13H3. The Hall–Kier alpha value is 0.431. The molecule has 0 aromatic heterocycles. The minimum atomic E-state index is -4.85. The predicted octanol–water partition coefficient (Wildman–Crippen LogP) is 6.91. The summed E-state index contributed by atoms with van der Waals surface area (Å²) >= 11 is 0. The molecule has 0 aromatic carbocycles. The van der Waals surface area contributed by atoms with Crippen LogP contribution in [0.4, 0.5) is 8.22 Å². The van der Waals surface area contributed by atoms with E-state index in [0.717, 1.165) is 0 Å². The van der Waals surface area contributed by atoms with Gasteiger partial charge in [0.15, 0.2) is 0 Å². The lowest BCUT2D eigenvalue weighted by Gasteiger charge is -2.56. The normalized spacial score (nSPS) is 16.2. The van der Waals surface area contributed by atoms with Crippen molar-refractivity contribution in [2.75, 3.05) is 0 Å². The van der Waals surface area contributed by atoms with Gasteiger partial charge in [0.05, 0.1) is 0 Å². The fourth-order valence-electron chi connectivity index (χ4n) is 1.79. The highest BCUT2D eigenvalue weighted by Crippen LogP contribution is 2.50.